The second kappa shape index (κ2) is 5.84. The lowest BCUT2D eigenvalue weighted by Crippen LogP contribution is -1.90. The molecule has 104 valence electrons. The van der Waals surface area contributed by atoms with Crippen molar-refractivity contribution in [2.45, 2.75) is 0 Å². The molecule has 0 spiro atoms. The molecular weight excluding hydrogens is 354 g/mol. The monoisotopic (exact) mass is 361 g/mol. The van der Waals surface area contributed by atoms with Crippen LogP contribution in [0.5, 0.6) is 11.5 Å². The molecule has 3 nitrogen and oxygen atoms in total. The van der Waals surface area contributed by atoms with Gasteiger partial charge in [0.05, 0.1) is 9.50 Å². The van der Waals surface area contributed by atoms with E-state index in [9.17, 15) is 4.79 Å². The predicted molar refractivity (Wildman–Crippen MR) is 86.4 cm³/mol. The number of ether oxygens (including phenoxy) is 1. The van der Waals surface area contributed by atoms with E-state index in [0.717, 1.165) is 11.7 Å². The SMILES string of the molecule is O=Cc1ccc(Oc2ccc(Cl)c3cccnc23)c(Br)c1. The second-order valence-electron chi connectivity index (χ2n) is 4.35. The minimum Gasteiger partial charge on any atom is -0.454 e. The molecule has 1 aromatic heterocycles. The lowest BCUT2D eigenvalue weighted by atomic mass is 10.2. The van der Waals surface area contributed by atoms with Crippen LogP contribution in [0.4, 0.5) is 0 Å². The highest BCUT2D eigenvalue weighted by atomic mass is 79.9. The Bertz CT molecular complexity index is 836. The Morgan fingerprint density at radius 1 is 1.14 bits per heavy atom. The first-order valence-corrected chi connectivity index (χ1v) is 7.32. The van der Waals surface area contributed by atoms with Gasteiger partial charge in [-0.05, 0) is 58.4 Å². The number of benzene rings is 2. The summed E-state index contributed by atoms with van der Waals surface area (Å²) in [7, 11) is 0. The van der Waals surface area contributed by atoms with E-state index in [1.807, 2.05) is 12.1 Å². The number of hydrogen-bond donors (Lipinski definition) is 0. The van der Waals surface area contributed by atoms with Gasteiger partial charge in [-0.2, -0.15) is 0 Å². The third-order valence-corrected chi connectivity index (χ3v) is 3.94. The summed E-state index contributed by atoms with van der Waals surface area (Å²) in [4.78, 5) is 15.1. The summed E-state index contributed by atoms with van der Waals surface area (Å²) in [5.41, 5.74) is 1.27. The molecule has 0 fully saturated rings. The highest BCUT2D eigenvalue weighted by molar-refractivity contribution is 9.10. The summed E-state index contributed by atoms with van der Waals surface area (Å²) >= 11 is 9.55. The maximum atomic E-state index is 10.8. The number of aldehydes is 1. The third-order valence-electron chi connectivity index (χ3n) is 2.99. The standard InChI is InChI=1S/C16H9BrClNO2/c17-12-8-10(9-20)3-5-14(12)21-15-6-4-13(18)11-2-1-7-19-16(11)15/h1-9H. The number of nitrogens with zero attached hydrogens (tertiary/aromatic N) is 1. The Morgan fingerprint density at radius 3 is 2.71 bits per heavy atom. The summed E-state index contributed by atoms with van der Waals surface area (Å²) in [6.07, 6.45) is 2.48. The van der Waals surface area contributed by atoms with Crippen LogP contribution < -0.4 is 4.74 Å². The maximum absolute atomic E-state index is 10.8. The van der Waals surface area contributed by atoms with Crippen molar-refractivity contribution in [3.63, 3.8) is 0 Å². The van der Waals surface area contributed by atoms with E-state index in [4.69, 9.17) is 16.3 Å². The molecule has 0 bridgehead atoms. The molecule has 0 amide bonds. The first kappa shape index (κ1) is 14.0. The molecule has 21 heavy (non-hydrogen) atoms. The number of hydrogen-bond acceptors (Lipinski definition) is 3. The fourth-order valence-electron chi connectivity index (χ4n) is 1.99. The first-order chi connectivity index (χ1) is 10.2. The highest BCUT2D eigenvalue weighted by Gasteiger charge is 2.10. The van der Waals surface area contributed by atoms with Gasteiger partial charge in [-0.1, -0.05) is 11.6 Å². The van der Waals surface area contributed by atoms with Crippen LogP contribution in [0.1, 0.15) is 10.4 Å². The molecule has 3 aromatic rings. The minimum atomic E-state index is 0.577. The van der Waals surface area contributed by atoms with Crippen molar-refractivity contribution < 1.29 is 9.53 Å². The van der Waals surface area contributed by atoms with E-state index < -0.39 is 0 Å². The fraction of sp³-hybridized carbons (Fsp3) is 0. The molecule has 1 heterocycles. The Labute approximate surface area is 134 Å². The molecule has 3 rings (SSSR count). The summed E-state index contributed by atoms with van der Waals surface area (Å²) < 4.78 is 6.59. The molecule has 2 aromatic carbocycles. The van der Waals surface area contributed by atoms with Gasteiger partial charge in [0.2, 0.25) is 0 Å². The molecule has 0 atom stereocenters. The van der Waals surface area contributed by atoms with Crippen molar-refractivity contribution in [2.75, 3.05) is 0 Å². The van der Waals surface area contributed by atoms with Gasteiger partial charge in [0.15, 0.2) is 5.75 Å². The summed E-state index contributed by atoms with van der Waals surface area (Å²) in [6.45, 7) is 0. The minimum absolute atomic E-state index is 0.577. The van der Waals surface area contributed by atoms with Crippen LogP contribution >= 0.6 is 27.5 Å². The van der Waals surface area contributed by atoms with Crippen LogP contribution in [0.2, 0.25) is 5.02 Å². The van der Waals surface area contributed by atoms with Gasteiger partial charge in [0, 0.05) is 17.1 Å². The van der Waals surface area contributed by atoms with Crippen molar-refractivity contribution in [2.24, 2.45) is 0 Å². The largest absolute Gasteiger partial charge is 0.454 e. The van der Waals surface area contributed by atoms with E-state index in [1.54, 1.807) is 36.5 Å². The smallest absolute Gasteiger partial charge is 0.153 e. The molecule has 0 radical (unpaired) electrons. The Balaban J connectivity index is 2.06. The Morgan fingerprint density at radius 2 is 1.95 bits per heavy atom. The van der Waals surface area contributed by atoms with Crippen molar-refractivity contribution >= 4 is 44.7 Å². The molecule has 0 aliphatic heterocycles. The lowest BCUT2D eigenvalue weighted by molar-refractivity contribution is 0.112. The van der Waals surface area contributed by atoms with Gasteiger partial charge in [-0.3, -0.25) is 9.78 Å². The van der Waals surface area contributed by atoms with Crippen LogP contribution in [0.3, 0.4) is 0 Å². The van der Waals surface area contributed by atoms with Crippen LogP contribution in [-0.4, -0.2) is 11.3 Å². The summed E-state index contributed by atoms with van der Waals surface area (Å²) in [6, 6.07) is 12.4. The molecule has 5 heteroatoms. The normalized spacial score (nSPS) is 10.6. The van der Waals surface area contributed by atoms with Gasteiger partial charge in [-0.25, -0.2) is 0 Å². The molecule has 0 unspecified atom stereocenters. The van der Waals surface area contributed by atoms with Gasteiger partial charge in [0.25, 0.3) is 0 Å². The Kier molecular flexibility index (Phi) is 3.90. The molecular formula is C16H9BrClNO2. The second-order valence-corrected chi connectivity index (χ2v) is 5.62. The third kappa shape index (κ3) is 2.77. The van der Waals surface area contributed by atoms with Gasteiger partial charge in [-0.15, -0.1) is 0 Å². The van der Waals surface area contributed by atoms with E-state index in [2.05, 4.69) is 20.9 Å². The zero-order valence-corrected chi connectivity index (χ0v) is 13.1. The summed E-state index contributed by atoms with van der Waals surface area (Å²) in [5, 5.41) is 1.46. The van der Waals surface area contributed by atoms with E-state index >= 15 is 0 Å². The van der Waals surface area contributed by atoms with Crippen LogP contribution in [0.25, 0.3) is 10.9 Å². The van der Waals surface area contributed by atoms with Crippen molar-refractivity contribution in [1.82, 2.24) is 4.98 Å². The first-order valence-electron chi connectivity index (χ1n) is 6.15. The molecule has 0 aliphatic carbocycles. The van der Waals surface area contributed by atoms with Crippen LogP contribution in [-0.2, 0) is 0 Å². The van der Waals surface area contributed by atoms with E-state index in [-0.39, 0.29) is 0 Å². The number of fused-ring (bicyclic) bond motifs is 1. The van der Waals surface area contributed by atoms with Gasteiger partial charge >= 0.3 is 0 Å². The van der Waals surface area contributed by atoms with Crippen LogP contribution in [0, 0.1) is 0 Å². The average molecular weight is 363 g/mol. The van der Waals surface area contributed by atoms with E-state index in [0.29, 0.717) is 32.1 Å². The highest BCUT2D eigenvalue weighted by Crippen LogP contribution is 2.35. The Hall–Kier alpha value is -1.91. The number of carbonyl (C=O) groups excluding carboxylic acids is 1. The zero-order valence-electron chi connectivity index (χ0n) is 10.7. The lowest BCUT2D eigenvalue weighted by Gasteiger charge is -2.10. The van der Waals surface area contributed by atoms with Gasteiger partial charge in [0.1, 0.15) is 17.6 Å². The zero-order chi connectivity index (χ0) is 14.8. The topological polar surface area (TPSA) is 39.2 Å². The maximum Gasteiger partial charge on any atom is 0.153 e. The van der Waals surface area contributed by atoms with Gasteiger partial charge < -0.3 is 4.74 Å². The van der Waals surface area contributed by atoms with Crippen LogP contribution in [0.15, 0.2) is 53.1 Å². The number of halogens is 2. The molecule has 0 N–H and O–H groups in total. The number of carbonyl (C=O) groups is 1. The van der Waals surface area contributed by atoms with E-state index in [1.165, 1.54) is 0 Å². The number of rotatable bonds is 3. The molecule has 0 saturated carbocycles. The predicted octanol–water partition coefficient (Wildman–Crippen LogP) is 5.26. The fourth-order valence-corrected chi connectivity index (χ4v) is 2.68. The summed E-state index contributed by atoms with van der Waals surface area (Å²) in [5.74, 6) is 1.21. The molecule has 0 saturated heterocycles. The number of pyridine rings is 1. The quantitative estimate of drug-likeness (QED) is 0.597. The number of aromatic nitrogens is 1. The van der Waals surface area contributed by atoms with Crippen molar-refractivity contribution in [3.05, 3.63) is 63.7 Å². The van der Waals surface area contributed by atoms with Crippen molar-refractivity contribution in [1.29, 1.82) is 0 Å². The average Bonchev–Trinajstić information content (AvgIpc) is 2.52. The molecule has 0 aliphatic rings. The van der Waals surface area contributed by atoms with Crippen molar-refractivity contribution in [3.8, 4) is 11.5 Å².